The summed E-state index contributed by atoms with van der Waals surface area (Å²) in [4.78, 5) is 10.4. The van der Waals surface area contributed by atoms with Gasteiger partial charge in [-0.15, -0.1) is 0 Å². The van der Waals surface area contributed by atoms with Gasteiger partial charge in [0.2, 0.25) is 0 Å². The van der Waals surface area contributed by atoms with Gasteiger partial charge < -0.3 is 10.8 Å². The molecule has 0 saturated carbocycles. The Morgan fingerprint density at radius 3 is 2.46 bits per heavy atom. The Labute approximate surface area is 76.7 Å². The summed E-state index contributed by atoms with van der Waals surface area (Å²) in [5, 5.41) is 7.89. The summed E-state index contributed by atoms with van der Waals surface area (Å²) in [5.74, 6) is -4.59. The van der Waals surface area contributed by atoms with Crippen LogP contribution >= 0.6 is 11.6 Å². The molecule has 1 aromatic carbocycles. The van der Waals surface area contributed by atoms with Crippen molar-refractivity contribution in [1.29, 1.82) is 0 Å². The highest BCUT2D eigenvalue weighted by molar-refractivity contribution is 6.31. The van der Waals surface area contributed by atoms with Crippen molar-refractivity contribution < 1.29 is 18.7 Å². The zero-order valence-corrected chi connectivity index (χ0v) is 6.90. The molecule has 6 heteroatoms. The number of halogens is 3. The van der Waals surface area contributed by atoms with E-state index in [-0.39, 0.29) is 0 Å². The van der Waals surface area contributed by atoms with E-state index < -0.39 is 33.9 Å². The molecule has 0 atom stereocenters. The summed E-state index contributed by atoms with van der Waals surface area (Å²) in [6.07, 6.45) is 0. The van der Waals surface area contributed by atoms with Crippen LogP contribution in [0.5, 0.6) is 0 Å². The summed E-state index contributed by atoms with van der Waals surface area (Å²) >= 11 is 5.21. The molecule has 0 aliphatic heterocycles. The van der Waals surface area contributed by atoms with Crippen molar-refractivity contribution in [3.63, 3.8) is 0 Å². The number of aromatic carboxylic acids is 1. The molecule has 70 valence electrons. The highest BCUT2D eigenvalue weighted by atomic mass is 35.5. The van der Waals surface area contributed by atoms with Crippen molar-refractivity contribution in [1.82, 2.24) is 0 Å². The Hall–Kier alpha value is -1.36. The largest absolute Gasteiger partial charge is 0.478 e. The number of rotatable bonds is 1. The minimum absolute atomic E-state index is 0.406. The second-order valence-corrected chi connectivity index (χ2v) is 2.66. The van der Waals surface area contributed by atoms with Gasteiger partial charge in [0.25, 0.3) is 0 Å². The minimum Gasteiger partial charge on any atom is -0.478 e. The van der Waals surface area contributed by atoms with Gasteiger partial charge in [-0.1, -0.05) is 11.6 Å². The van der Waals surface area contributed by atoms with Crippen LogP contribution in [0.2, 0.25) is 5.02 Å². The Morgan fingerprint density at radius 2 is 2.00 bits per heavy atom. The molecule has 0 spiro atoms. The van der Waals surface area contributed by atoms with Crippen molar-refractivity contribution in [2.24, 2.45) is 0 Å². The van der Waals surface area contributed by atoms with Gasteiger partial charge in [-0.25, -0.2) is 13.6 Å². The van der Waals surface area contributed by atoms with Crippen LogP contribution < -0.4 is 5.73 Å². The lowest BCUT2D eigenvalue weighted by Crippen LogP contribution is -2.08. The fourth-order valence-corrected chi connectivity index (χ4v) is 1.03. The number of nitrogen functional groups attached to an aromatic ring is 1. The van der Waals surface area contributed by atoms with E-state index in [1.54, 1.807) is 0 Å². The second-order valence-electron chi connectivity index (χ2n) is 2.26. The van der Waals surface area contributed by atoms with Gasteiger partial charge in [-0.2, -0.15) is 0 Å². The average Bonchev–Trinajstić information content (AvgIpc) is 1.99. The molecule has 0 aliphatic rings. The van der Waals surface area contributed by atoms with Crippen molar-refractivity contribution in [3.05, 3.63) is 28.3 Å². The zero-order chi connectivity index (χ0) is 10.2. The van der Waals surface area contributed by atoms with Gasteiger partial charge in [-0.05, 0) is 6.07 Å². The molecule has 3 nitrogen and oxygen atoms in total. The highest BCUT2D eigenvalue weighted by Gasteiger charge is 2.20. The molecule has 0 aliphatic carbocycles. The predicted octanol–water partition coefficient (Wildman–Crippen LogP) is 1.90. The number of nitrogens with two attached hydrogens (primary N) is 1. The van der Waals surface area contributed by atoms with Crippen LogP contribution in [0, 0.1) is 11.6 Å². The number of carbonyl (C=O) groups is 1. The van der Waals surface area contributed by atoms with Crippen LogP contribution in [0.1, 0.15) is 10.4 Å². The first-order chi connectivity index (χ1) is 5.95. The van der Waals surface area contributed by atoms with Gasteiger partial charge in [0.05, 0.1) is 10.7 Å². The third kappa shape index (κ3) is 1.55. The fraction of sp³-hybridized carbons (Fsp3) is 0. The molecule has 0 fully saturated rings. The lowest BCUT2D eigenvalue weighted by atomic mass is 10.1. The number of carboxylic acids is 1. The summed E-state index contributed by atoms with van der Waals surface area (Å²) in [7, 11) is 0. The summed E-state index contributed by atoms with van der Waals surface area (Å²) < 4.78 is 25.6. The number of carboxylic acid groups (broad SMARTS) is 1. The number of hydrogen-bond acceptors (Lipinski definition) is 2. The average molecular weight is 208 g/mol. The molecule has 0 aromatic heterocycles. The summed E-state index contributed by atoms with van der Waals surface area (Å²) in [6.45, 7) is 0. The third-order valence-corrected chi connectivity index (χ3v) is 1.68. The number of benzene rings is 1. The van der Waals surface area contributed by atoms with Crippen LogP contribution in [0.15, 0.2) is 6.07 Å². The minimum atomic E-state index is -1.63. The van der Waals surface area contributed by atoms with E-state index in [9.17, 15) is 13.6 Å². The number of anilines is 1. The second kappa shape index (κ2) is 3.18. The predicted molar refractivity (Wildman–Crippen MR) is 42.7 cm³/mol. The maximum Gasteiger partial charge on any atom is 0.340 e. The van der Waals surface area contributed by atoms with Crippen LogP contribution in [0.4, 0.5) is 14.5 Å². The first kappa shape index (κ1) is 9.73. The van der Waals surface area contributed by atoms with E-state index >= 15 is 0 Å². The fourth-order valence-electron chi connectivity index (χ4n) is 0.831. The van der Waals surface area contributed by atoms with Crippen molar-refractivity contribution in [2.75, 3.05) is 5.73 Å². The first-order valence-electron chi connectivity index (χ1n) is 3.11. The molecule has 0 saturated heterocycles. The van der Waals surface area contributed by atoms with Crippen molar-refractivity contribution in [3.8, 4) is 0 Å². The number of hydrogen-bond donors (Lipinski definition) is 2. The van der Waals surface area contributed by atoms with Gasteiger partial charge >= 0.3 is 5.97 Å². The molecule has 3 N–H and O–H groups in total. The molecule has 0 bridgehead atoms. The van der Waals surface area contributed by atoms with E-state index in [0.717, 1.165) is 6.07 Å². The van der Waals surface area contributed by atoms with Gasteiger partial charge in [0, 0.05) is 0 Å². The maximum atomic E-state index is 12.9. The van der Waals surface area contributed by atoms with E-state index in [0.29, 0.717) is 0 Å². The third-order valence-electron chi connectivity index (χ3n) is 1.41. The molecule has 13 heavy (non-hydrogen) atoms. The molecule has 1 rings (SSSR count). The molecule has 0 radical (unpaired) electrons. The topological polar surface area (TPSA) is 63.3 Å². The maximum absolute atomic E-state index is 12.9. The van der Waals surface area contributed by atoms with E-state index in [1.165, 1.54) is 0 Å². The van der Waals surface area contributed by atoms with Gasteiger partial charge in [-0.3, -0.25) is 0 Å². The Bertz CT molecular complexity index is 381. The van der Waals surface area contributed by atoms with Crippen LogP contribution in [0.3, 0.4) is 0 Å². The SMILES string of the molecule is Nc1cc(Cl)c(F)c(F)c1C(=O)O. The Kier molecular flexibility index (Phi) is 2.38. The molecule has 0 amide bonds. The molecular weight excluding hydrogens is 204 g/mol. The smallest absolute Gasteiger partial charge is 0.340 e. The lowest BCUT2D eigenvalue weighted by molar-refractivity contribution is 0.0692. The standard InChI is InChI=1S/C7H4ClF2NO2/c8-2-1-3(11)4(7(12)13)6(10)5(2)9/h1H,11H2,(H,12,13). The molecule has 1 aromatic rings. The zero-order valence-electron chi connectivity index (χ0n) is 6.14. The lowest BCUT2D eigenvalue weighted by Gasteiger charge is -2.04. The Balaban J connectivity index is 3.53. The van der Waals surface area contributed by atoms with Gasteiger partial charge in [0.15, 0.2) is 11.6 Å². The first-order valence-corrected chi connectivity index (χ1v) is 3.49. The van der Waals surface area contributed by atoms with Crippen molar-refractivity contribution in [2.45, 2.75) is 0 Å². The molecule has 0 unspecified atom stereocenters. The monoisotopic (exact) mass is 207 g/mol. The van der Waals surface area contributed by atoms with E-state index in [4.69, 9.17) is 22.4 Å². The van der Waals surface area contributed by atoms with Gasteiger partial charge in [0.1, 0.15) is 5.56 Å². The van der Waals surface area contributed by atoms with E-state index in [1.807, 2.05) is 0 Å². The summed E-state index contributed by atoms with van der Waals surface area (Å²) in [6, 6.07) is 0.851. The molecular formula is C7H4ClF2NO2. The van der Waals surface area contributed by atoms with Crippen LogP contribution in [-0.2, 0) is 0 Å². The highest BCUT2D eigenvalue weighted by Crippen LogP contribution is 2.25. The molecule has 0 heterocycles. The summed E-state index contributed by atoms with van der Waals surface area (Å²) in [5.41, 5.74) is 3.81. The van der Waals surface area contributed by atoms with Crippen LogP contribution in [0.25, 0.3) is 0 Å². The van der Waals surface area contributed by atoms with Crippen LogP contribution in [-0.4, -0.2) is 11.1 Å². The quantitative estimate of drug-likeness (QED) is 0.546. The Morgan fingerprint density at radius 1 is 1.46 bits per heavy atom. The van der Waals surface area contributed by atoms with Crippen molar-refractivity contribution >= 4 is 23.3 Å². The normalized spacial score (nSPS) is 10.1. The van der Waals surface area contributed by atoms with E-state index in [2.05, 4.69) is 0 Å².